The third-order valence-electron chi connectivity index (χ3n) is 3.98. The van der Waals surface area contributed by atoms with Crippen LogP contribution in [0, 0.1) is 0 Å². The number of nitrogens with one attached hydrogen (secondary N) is 1. The van der Waals surface area contributed by atoms with Crippen molar-refractivity contribution in [3.05, 3.63) is 89.2 Å². The topological polar surface area (TPSA) is 62.3 Å². The second-order valence-electron chi connectivity index (χ2n) is 5.81. The van der Waals surface area contributed by atoms with Crippen LogP contribution in [0.4, 0.5) is 11.4 Å². The number of pyridine rings is 1. The molecular weight excluding hydrogens is 362 g/mol. The first-order valence-electron chi connectivity index (χ1n) is 8.47. The minimum Gasteiger partial charge on any atom is -0.322 e. The van der Waals surface area contributed by atoms with Crippen LogP contribution in [0.2, 0.25) is 5.02 Å². The van der Waals surface area contributed by atoms with Crippen LogP contribution in [-0.2, 0) is 0 Å². The lowest BCUT2D eigenvalue weighted by Gasteiger charge is -2.21. The predicted molar refractivity (Wildman–Crippen MR) is 107 cm³/mol. The number of halogens is 1. The molecule has 0 aliphatic heterocycles. The minimum atomic E-state index is -0.345. The normalized spacial score (nSPS) is 10.3. The van der Waals surface area contributed by atoms with Gasteiger partial charge >= 0.3 is 0 Å². The highest BCUT2D eigenvalue weighted by Crippen LogP contribution is 2.18. The number of rotatable bonds is 5. The highest BCUT2D eigenvalue weighted by atomic mass is 35.5. The Balaban J connectivity index is 1.81. The summed E-state index contributed by atoms with van der Waals surface area (Å²) in [5.74, 6) is -0.556. The van der Waals surface area contributed by atoms with Crippen molar-refractivity contribution in [1.29, 1.82) is 0 Å². The molecule has 27 heavy (non-hydrogen) atoms. The Bertz CT molecular complexity index is 943. The Morgan fingerprint density at radius 2 is 1.67 bits per heavy atom. The largest absolute Gasteiger partial charge is 0.322 e. The molecule has 0 fully saturated rings. The van der Waals surface area contributed by atoms with Crippen LogP contribution in [0.15, 0.2) is 73.1 Å². The van der Waals surface area contributed by atoms with Gasteiger partial charge in [0.2, 0.25) is 0 Å². The van der Waals surface area contributed by atoms with Crippen molar-refractivity contribution in [3.8, 4) is 0 Å². The SMILES string of the molecule is CCN(C(=O)c1cncc(C(=O)Nc2ccc(Cl)cc2)c1)c1ccccc1. The first-order valence-corrected chi connectivity index (χ1v) is 8.85. The number of carbonyl (C=O) groups excluding carboxylic acids is 2. The van der Waals surface area contributed by atoms with Crippen LogP contribution in [0.5, 0.6) is 0 Å². The van der Waals surface area contributed by atoms with Crippen molar-refractivity contribution in [2.75, 3.05) is 16.8 Å². The number of para-hydroxylation sites is 1. The predicted octanol–water partition coefficient (Wildman–Crippen LogP) is 4.65. The number of carbonyl (C=O) groups is 2. The monoisotopic (exact) mass is 379 g/mol. The fourth-order valence-corrected chi connectivity index (χ4v) is 2.75. The zero-order valence-electron chi connectivity index (χ0n) is 14.7. The maximum atomic E-state index is 12.9. The summed E-state index contributed by atoms with van der Waals surface area (Å²) in [5, 5.41) is 3.35. The van der Waals surface area contributed by atoms with Gasteiger partial charge in [0.1, 0.15) is 0 Å². The molecule has 6 heteroatoms. The Morgan fingerprint density at radius 1 is 1.00 bits per heavy atom. The standard InChI is InChI=1S/C21H18ClN3O2/c1-2-25(19-6-4-3-5-7-19)21(27)16-12-15(13-23-14-16)20(26)24-18-10-8-17(22)9-11-18/h3-14H,2H2,1H3,(H,24,26). The van der Waals surface area contributed by atoms with Gasteiger partial charge < -0.3 is 10.2 Å². The van der Waals surface area contributed by atoms with Crippen molar-refractivity contribution in [3.63, 3.8) is 0 Å². The van der Waals surface area contributed by atoms with Crippen LogP contribution in [0.3, 0.4) is 0 Å². The van der Waals surface area contributed by atoms with Crippen LogP contribution in [0.25, 0.3) is 0 Å². The van der Waals surface area contributed by atoms with Crippen molar-refractivity contribution in [2.45, 2.75) is 6.92 Å². The molecule has 136 valence electrons. The van der Waals surface area contributed by atoms with E-state index in [0.29, 0.717) is 28.4 Å². The summed E-state index contributed by atoms with van der Waals surface area (Å²) in [6.45, 7) is 2.40. The van der Waals surface area contributed by atoms with E-state index in [4.69, 9.17) is 11.6 Å². The molecule has 2 amide bonds. The number of benzene rings is 2. The second-order valence-corrected chi connectivity index (χ2v) is 6.24. The second kappa shape index (κ2) is 8.47. The molecule has 1 N–H and O–H groups in total. The van der Waals surface area contributed by atoms with Crippen LogP contribution in [0.1, 0.15) is 27.6 Å². The first-order chi connectivity index (χ1) is 13.1. The Labute approximate surface area is 162 Å². The van der Waals surface area contributed by atoms with E-state index in [2.05, 4.69) is 10.3 Å². The van der Waals surface area contributed by atoms with Crippen LogP contribution >= 0.6 is 11.6 Å². The molecule has 0 aliphatic rings. The fraction of sp³-hybridized carbons (Fsp3) is 0.0952. The lowest BCUT2D eigenvalue weighted by atomic mass is 10.1. The third-order valence-corrected chi connectivity index (χ3v) is 4.23. The van der Waals surface area contributed by atoms with Gasteiger partial charge in [-0.1, -0.05) is 29.8 Å². The van der Waals surface area contributed by atoms with E-state index in [0.717, 1.165) is 5.69 Å². The average molecular weight is 380 g/mol. The van der Waals surface area contributed by atoms with E-state index < -0.39 is 0 Å². The Morgan fingerprint density at radius 3 is 2.33 bits per heavy atom. The fourth-order valence-electron chi connectivity index (χ4n) is 2.62. The molecule has 1 heterocycles. The van der Waals surface area contributed by atoms with Crippen LogP contribution in [-0.4, -0.2) is 23.3 Å². The molecule has 0 saturated carbocycles. The van der Waals surface area contributed by atoms with Gasteiger partial charge in [0, 0.05) is 35.3 Å². The van der Waals surface area contributed by atoms with E-state index in [-0.39, 0.29) is 11.8 Å². The molecule has 0 aliphatic carbocycles. The van der Waals surface area contributed by atoms with E-state index in [1.807, 2.05) is 37.3 Å². The van der Waals surface area contributed by atoms with Crippen molar-refractivity contribution in [2.24, 2.45) is 0 Å². The first kappa shape index (κ1) is 18.6. The molecule has 2 aromatic carbocycles. The quantitative estimate of drug-likeness (QED) is 0.701. The summed E-state index contributed by atoms with van der Waals surface area (Å²) in [4.78, 5) is 31.1. The molecule has 3 aromatic rings. The highest BCUT2D eigenvalue weighted by Gasteiger charge is 2.18. The molecule has 0 bridgehead atoms. The summed E-state index contributed by atoms with van der Waals surface area (Å²) in [5.41, 5.74) is 2.06. The molecule has 3 rings (SSSR count). The van der Waals surface area contributed by atoms with Gasteiger partial charge in [-0.05, 0) is 49.4 Å². The smallest absolute Gasteiger partial charge is 0.259 e. The summed E-state index contributed by atoms with van der Waals surface area (Å²) in [6.07, 6.45) is 2.90. The number of anilines is 2. The summed E-state index contributed by atoms with van der Waals surface area (Å²) in [7, 11) is 0. The number of aromatic nitrogens is 1. The molecule has 5 nitrogen and oxygen atoms in total. The van der Waals surface area contributed by atoms with Gasteiger partial charge in [-0.25, -0.2) is 0 Å². The summed E-state index contributed by atoms with van der Waals surface area (Å²) < 4.78 is 0. The number of amides is 2. The molecule has 0 radical (unpaired) electrons. The van der Waals surface area contributed by atoms with Gasteiger partial charge in [-0.15, -0.1) is 0 Å². The van der Waals surface area contributed by atoms with Gasteiger partial charge in [0.15, 0.2) is 0 Å². The highest BCUT2D eigenvalue weighted by molar-refractivity contribution is 6.30. The minimum absolute atomic E-state index is 0.211. The zero-order valence-corrected chi connectivity index (χ0v) is 15.5. The lowest BCUT2D eigenvalue weighted by Crippen LogP contribution is -2.31. The van der Waals surface area contributed by atoms with Crippen LogP contribution < -0.4 is 10.2 Å². The number of hydrogen-bond donors (Lipinski definition) is 1. The maximum Gasteiger partial charge on any atom is 0.259 e. The molecule has 0 atom stereocenters. The lowest BCUT2D eigenvalue weighted by molar-refractivity contribution is 0.0988. The maximum absolute atomic E-state index is 12.9. The number of nitrogens with zero attached hydrogens (tertiary/aromatic N) is 2. The molecule has 0 spiro atoms. The van der Waals surface area contributed by atoms with E-state index in [1.165, 1.54) is 12.4 Å². The Hall–Kier alpha value is -3.18. The molecule has 1 aromatic heterocycles. The van der Waals surface area contributed by atoms with Crippen molar-refractivity contribution >= 4 is 34.8 Å². The third kappa shape index (κ3) is 4.51. The van der Waals surface area contributed by atoms with Crippen molar-refractivity contribution in [1.82, 2.24) is 4.98 Å². The zero-order chi connectivity index (χ0) is 19.2. The molecular formula is C21H18ClN3O2. The van der Waals surface area contributed by atoms with E-state index >= 15 is 0 Å². The average Bonchev–Trinajstić information content (AvgIpc) is 2.71. The van der Waals surface area contributed by atoms with Gasteiger partial charge in [0.25, 0.3) is 11.8 Å². The number of hydrogen-bond acceptors (Lipinski definition) is 3. The molecule has 0 unspecified atom stereocenters. The van der Waals surface area contributed by atoms with Gasteiger partial charge in [-0.3, -0.25) is 14.6 Å². The summed E-state index contributed by atoms with van der Waals surface area (Å²) in [6, 6.07) is 17.7. The van der Waals surface area contributed by atoms with E-state index in [9.17, 15) is 9.59 Å². The summed E-state index contributed by atoms with van der Waals surface area (Å²) >= 11 is 5.85. The Kier molecular flexibility index (Phi) is 5.84. The van der Waals surface area contributed by atoms with E-state index in [1.54, 1.807) is 35.2 Å². The molecule has 0 saturated heterocycles. The van der Waals surface area contributed by atoms with Gasteiger partial charge in [0.05, 0.1) is 11.1 Å². The van der Waals surface area contributed by atoms with Crippen molar-refractivity contribution < 1.29 is 9.59 Å². The van der Waals surface area contributed by atoms with Gasteiger partial charge in [-0.2, -0.15) is 0 Å².